The van der Waals surface area contributed by atoms with E-state index in [4.69, 9.17) is 0 Å². The predicted molar refractivity (Wildman–Crippen MR) is 78.2 cm³/mol. The van der Waals surface area contributed by atoms with Crippen LogP contribution in [0.5, 0.6) is 0 Å². The lowest BCUT2D eigenvalue weighted by atomic mass is 9.63. The number of carbonyl (C=O) groups excluding carboxylic acids is 2. The van der Waals surface area contributed by atoms with E-state index in [2.05, 4.69) is 17.3 Å². The number of fused-ring (bicyclic) bond motifs is 1. The molecule has 1 saturated heterocycles. The number of allylic oxidation sites excluding steroid dienone is 2. The van der Waals surface area contributed by atoms with Gasteiger partial charge in [0.1, 0.15) is 0 Å². The molecule has 106 valence electrons. The van der Waals surface area contributed by atoms with Gasteiger partial charge in [0.25, 0.3) is 11.8 Å². The number of hydrazone groups is 1. The molecule has 4 nitrogen and oxygen atoms in total. The van der Waals surface area contributed by atoms with E-state index in [-0.39, 0.29) is 35.5 Å². The van der Waals surface area contributed by atoms with Gasteiger partial charge < -0.3 is 0 Å². The summed E-state index contributed by atoms with van der Waals surface area (Å²) in [7, 11) is 0. The summed E-state index contributed by atoms with van der Waals surface area (Å²) in [4.78, 5) is 25.0. The normalized spacial score (nSPS) is 34.0. The molecule has 1 aromatic carbocycles. The molecule has 4 atom stereocenters. The van der Waals surface area contributed by atoms with Gasteiger partial charge in [-0.25, -0.2) is 0 Å². The van der Waals surface area contributed by atoms with Crippen molar-refractivity contribution in [3.63, 3.8) is 0 Å². The van der Waals surface area contributed by atoms with Gasteiger partial charge in [0.15, 0.2) is 0 Å². The Morgan fingerprint density at radius 1 is 0.952 bits per heavy atom. The summed E-state index contributed by atoms with van der Waals surface area (Å²) >= 11 is 0. The molecule has 0 unspecified atom stereocenters. The van der Waals surface area contributed by atoms with Crippen molar-refractivity contribution in [2.24, 2.45) is 28.8 Å². The van der Waals surface area contributed by atoms with Crippen LogP contribution in [0.3, 0.4) is 0 Å². The number of amides is 2. The van der Waals surface area contributed by atoms with E-state index >= 15 is 0 Å². The van der Waals surface area contributed by atoms with Crippen molar-refractivity contribution >= 4 is 18.0 Å². The van der Waals surface area contributed by atoms with Crippen molar-refractivity contribution in [1.82, 2.24) is 5.01 Å². The average molecular weight is 280 g/mol. The van der Waals surface area contributed by atoms with Crippen LogP contribution in [0.2, 0.25) is 0 Å². The molecule has 1 aliphatic heterocycles. The minimum atomic E-state index is -0.186. The van der Waals surface area contributed by atoms with E-state index in [1.807, 2.05) is 30.3 Å². The second-order valence-corrected chi connectivity index (χ2v) is 5.99. The molecule has 3 aliphatic carbocycles. The van der Waals surface area contributed by atoms with Crippen molar-refractivity contribution in [2.45, 2.75) is 12.8 Å². The second kappa shape index (κ2) is 4.65. The fraction of sp³-hybridized carbons (Fsp3) is 0.353. The Hall–Kier alpha value is -2.23. The average Bonchev–Trinajstić information content (AvgIpc) is 2.81. The SMILES string of the molecule is O=C1[C@@H]2[C@H](C(=O)N1/N=C\c1ccccc1)[C@H]1C=C[C@H]2CC1. The highest BCUT2D eigenvalue weighted by Crippen LogP contribution is 2.49. The maximum Gasteiger partial charge on any atom is 0.254 e. The summed E-state index contributed by atoms with van der Waals surface area (Å²) in [5.41, 5.74) is 0.883. The Labute approximate surface area is 123 Å². The third-order valence-electron chi connectivity index (χ3n) is 4.86. The van der Waals surface area contributed by atoms with Crippen molar-refractivity contribution in [3.05, 3.63) is 48.0 Å². The molecule has 1 heterocycles. The van der Waals surface area contributed by atoms with Crippen LogP contribution in [0.1, 0.15) is 18.4 Å². The number of imide groups is 1. The standard InChI is InChI=1S/C17H16N2O2/c20-16-14-12-6-7-13(9-8-12)15(14)17(21)19(16)18-10-11-4-2-1-3-5-11/h1-7,10,12-15H,8-9H2/b18-10-/t12-,13-,14-,15+/m0/s1. The first-order chi connectivity index (χ1) is 10.3. The van der Waals surface area contributed by atoms with E-state index < -0.39 is 0 Å². The Bertz CT molecular complexity index is 618. The lowest BCUT2D eigenvalue weighted by molar-refractivity contribution is -0.140. The van der Waals surface area contributed by atoms with Crippen LogP contribution >= 0.6 is 0 Å². The number of nitrogens with zero attached hydrogens (tertiary/aromatic N) is 2. The Morgan fingerprint density at radius 3 is 2.05 bits per heavy atom. The maximum absolute atomic E-state index is 12.5. The van der Waals surface area contributed by atoms with Crippen molar-refractivity contribution in [3.8, 4) is 0 Å². The first-order valence-corrected chi connectivity index (χ1v) is 7.41. The van der Waals surface area contributed by atoms with Gasteiger partial charge in [-0.15, -0.1) is 0 Å². The van der Waals surface area contributed by atoms with Crippen LogP contribution in [0.4, 0.5) is 0 Å². The van der Waals surface area contributed by atoms with Crippen LogP contribution in [0.15, 0.2) is 47.6 Å². The van der Waals surface area contributed by atoms with Gasteiger partial charge in [-0.3, -0.25) is 9.59 Å². The molecule has 21 heavy (non-hydrogen) atoms. The van der Waals surface area contributed by atoms with Crippen molar-refractivity contribution in [2.75, 3.05) is 0 Å². The fourth-order valence-electron chi connectivity index (χ4n) is 3.84. The second-order valence-electron chi connectivity index (χ2n) is 5.99. The topological polar surface area (TPSA) is 49.7 Å². The molecule has 2 amide bonds. The van der Waals surface area contributed by atoms with Gasteiger partial charge >= 0.3 is 0 Å². The van der Waals surface area contributed by atoms with Crippen LogP contribution < -0.4 is 0 Å². The summed E-state index contributed by atoms with van der Waals surface area (Å²) in [6.45, 7) is 0. The quantitative estimate of drug-likeness (QED) is 0.474. The molecule has 2 fully saturated rings. The number of rotatable bonds is 2. The van der Waals surface area contributed by atoms with Gasteiger partial charge in [0, 0.05) is 0 Å². The van der Waals surface area contributed by atoms with E-state index in [0.29, 0.717) is 0 Å². The molecule has 4 aliphatic rings. The van der Waals surface area contributed by atoms with Gasteiger partial charge in [-0.05, 0) is 30.2 Å². The van der Waals surface area contributed by atoms with Crippen LogP contribution in [0, 0.1) is 23.7 Å². The van der Waals surface area contributed by atoms with E-state index in [1.54, 1.807) is 6.21 Å². The monoisotopic (exact) mass is 280 g/mol. The van der Waals surface area contributed by atoms with E-state index in [0.717, 1.165) is 23.4 Å². The highest BCUT2D eigenvalue weighted by molar-refractivity contribution is 6.06. The zero-order valence-corrected chi connectivity index (χ0v) is 11.6. The summed E-state index contributed by atoms with van der Waals surface area (Å²) in [6.07, 6.45) is 7.84. The van der Waals surface area contributed by atoms with Gasteiger partial charge in [-0.2, -0.15) is 10.1 Å². The highest BCUT2D eigenvalue weighted by Gasteiger charge is 2.56. The molecule has 5 rings (SSSR count). The molecule has 1 aromatic rings. The van der Waals surface area contributed by atoms with Crippen LogP contribution in [-0.4, -0.2) is 23.0 Å². The lowest BCUT2D eigenvalue weighted by Crippen LogP contribution is -2.38. The third-order valence-corrected chi connectivity index (χ3v) is 4.86. The largest absolute Gasteiger partial charge is 0.272 e. The number of benzene rings is 1. The predicted octanol–water partition coefficient (Wildman–Crippen LogP) is 2.22. The molecular formula is C17H16N2O2. The van der Waals surface area contributed by atoms with Gasteiger partial charge in [0.2, 0.25) is 0 Å². The van der Waals surface area contributed by atoms with Crippen LogP contribution in [-0.2, 0) is 9.59 Å². The Kier molecular flexibility index (Phi) is 2.77. The molecule has 0 N–H and O–H groups in total. The van der Waals surface area contributed by atoms with E-state index in [9.17, 15) is 9.59 Å². The summed E-state index contributed by atoms with van der Waals surface area (Å²) in [6, 6.07) is 9.51. The van der Waals surface area contributed by atoms with Crippen molar-refractivity contribution < 1.29 is 9.59 Å². The first-order valence-electron chi connectivity index (χ1n) is 7.41. The van der Waals surface area contributed by atoms with Gasteiger partial charge in [0.05, 0.1) is 18.1 Å². The van der Waals surface area contributed by atoms with Gasteiger partial charge in [-0.1, -0.05) is 42.5 Å². The smallest absolute Gasteiger partial charge is 0.254 e. The molecule has 0 radical (unpaired) electrons. The van der Waals surface area contributed by atoms with Crippen molar-refractivity contribution in [1.29, 1.82) is 0 Å². The zero-order valence-electron chi connectivity index (χ0n) is 11.6. The first kappa shape index (κ1) is 12.5. The minimum absolute atomic E-state index is 0.128. The fourth-order valence-corrected chi connectivity index (χ4v) is 3.84. The highest BCUT2D eigenvalue weighted by atomic mass is 16.2. The molecule has 0 spiro atoms. The molecule has 4 heteroatoms. The number of hydrogen-bond donors (Lipinski definition) is 0. The number of hydrogen-bond acceptors (Lipinski definition) is 3. The summed E-state index contributed by atoms with van der Waals surface area (Å²) in [5, 5.41) is 5.26. The molecular weight excluding hydrogens is 264 g/mol. The maximum atomic E-state index is 12.5. The van der Waals surface area contributed by atoms with E-state index in [1.165, 1.54) is 0 Å². The Morgan fingerprint density at radius 2 is 1.52 bits per heavy atom. The lowest BCUT2D eigenvalue weighted by Gasteiger charge is -2.37. The summed E-state index contributed by atoms with van der Waals surface area (Å²) < 4.78 is 0. The molecule has 1 saturated carbocycles. The minimum Gasteiger partial charge on any atom is -0.272 e. The number of carbonyl (C=O) groups is 2. The zero-order chi connectivity index (χ0) is 14.4. The Balaban J connectivity index is 1.62. The molecule has 0 aromatic heterocycles. The molecule has 2 bridgehead atoms. The third kappa shape index (κ3) is 1.86. The van der Waals surface area contributed by atoms with Crippen LogP contribution in [0.25, 0.3) is 0 Å². The summed E-state index contributed by atoms with van der Waals surface area (Å²) in [5.74, 6) is -0.197.